The van der Waals surface area contributed by atoms with Crippen molar-refractivity contribution >= 4 is 0 Å². The van der Waals surface area contributed by atoms with E-state index < -0.39 is 0 Å². The molecule has 0 bridgehead atoms. The molecule has 0 spiro atoms. The Morgan fingerprint density at radius 1 is 1.30 bits per heavy atom. The Balaban J connectivity index is 2.30. The van der Waals surface area contributed by atoms with E-state index in [-0.39, 0.29) is 0 Å². The maximum atomic E-state index is 5.77. The Hall–Kier alpha value is -1.81. The molecule has 0 atom stereocenters. The van der Waals surface area contributed by atoms with Crippen molar-refractivity contribution in [2.24, 2.45) is 5.73 Å². The van der Waals surface area contributed by atoms with E-state index in [0.717, 1.165) is 30.0 Å². The summed E-state index contributed by atoms with van der Waals surface area (Å²) in [5.74, 6) is 0.846. The highest BCUT2D eigenvalue weighted by Crippen LogP contribution is 2.21. The van der Waals surface area contributed by atoms with Crippen LogP contribution in [0.2, 0.25) is 0 Å². The molecular weight excluding hydrogens is 250 g/mol. The second-order valence-electron chi connectivity index (χ2n) is 5.01. The second-order valence-corrected chi connectivity index (χ2v) is 5.01. The van der Waals surface area contributed by atoms with Crippen LogP contribution >= 0.6 is 0 Å². The number of rotatable bonds is 5. The number of methoxy groups -OCH3 is 1. The lowest BCUT2D eigenvalue weighted by molar-refractivity contribution is 0.409. The van der Waals surface area contributed by atoms with Gasteiger partial charge in [-0.05, 0) is 43.5 Å². The molecule has 0 saturated carbocycles. The van der Waals surface area contributed by atoms with Crippen molar-refractivity contribution < 1.29 is 4.74 Å². The van der Waals surface area contributed by atoms with Crippen molar-refractivity contribution in [1.29, 1.82) is 0 Å². The molecule has 2 N–H and O–H groups in total. The highest BCUT2D eigenvalue weighted by atomic mass is 16.5. The molecule has 108 valence electrons. The number of benzene rings is 1. The Kier molecular flexibility index (Phi) is 4.45. The molecule has 4 heteroatoms. The number of hydrogen-bond acceptors (Lipinski definition) is 3. The maximum absolute atomic E-state index is 5.77. The molecule has 0 radical (unpaired) electrons. The van der Waals surface area contributed by atoms with Gasteiger partial charge in [0.1, 0.15) is 5.75 Å². The standard InChI is InChI=1S/C16H23N3O/c1-5-15-11(2)18-19(12(15)3)10-13-6-7-16(20-4)14(8-13)9-17/h6-8H,5,9-10,17H2,1-4H3. The maximum Gasteiger partial charge on any atom is 0.123 e. The molecule has 1 aromatic heterocycles. The molecule has 20 heavy (non-hydrogen) atoms. The van der Waals surface area contributed by atoms with Crippen molar-refractivity contribution in [3.63, 3.8) is 0 Å². The minimum Gasteiger partial charge on any atom is -0.496 e. The van der Waals surface area contributed by atoms with Crippen LogP contribution in [0.4, 0.5) is 0 Å². The lowest BCUT2D eigenvalue weighted by Crippen LogP contribution is -2.06. The molecule has 2 rings (SSSR count). The molecule has 0 aliphatic rings. The summed E-state index contributed by atoms with van der Waals surface area (Å²) in [5, 5.41) is 4.63. The molecule has 1 aromatic carbocycles. The van der Waals surface area contributed by atoms with E-state index in [4.69, 9.17) is 10.5 Å². The number of ether oxygens (including phenoxy) is 1. The Morgan fingerprint density at radius 2 is 2.05 bits per heavy atom. The largest absolute Gasteiger partial charge is 0.496 e. The Bertz CT molecular complexity index is 602. The molecule has 1 heterocycles. The van der Waals surface area contributed by atoms with Gasteiger partial charge < -0.3 is 10.5 Å². The molecule has 0 amide bonds. The summed E-state index contributed by atoms with van der Waals surface area (Å²) in [5.41, 5.74) is 11.7. The third-order valence-electron chi connectivity index (χ3n) is 3.78. The zero-order chi connectivity index (χ0) is 14.7. The average molecular weight is 273 g/mol. The zero-order valence-electron chi connectivity index (χ0n) is 12.7. The van der Waals surface area contributed by atoms with Crippen molar-refractivity contribution in [2.45, 2.75) is 40.3 Å². The van der Waals surface area contributed by atoms with E-state index in [0.29, 0.717) is 6.54 Å². The highest BCUT2D eigenvalue weighted by Gasteiger charge is 2.10. The topological polar surface area (TPSA) is 53.1 Å². The fourth-order valence-corrected chi connectivity index (χ4v) is 2.66. The van der Waals surface area contributed by atoms with E-state index >= 15 is 0 Å². The molecule has 4 nitrogen and oxygen atoms in total. The van der Waals surface area contributed by atoms with Gasteiger partial charge in [0.15, 0.2) is 0 Å². The van der Waals surface area contributed by atoms with Crippen LogP contribution in [0.15, 0.2) is 18.2 Å². The quantitative estimate of drug-likeness (QED) is 0.911. The average Bonchev–Trinajstić information content (AvgIpc) is 2.72. The number of hydrogen-bond donors (Lipinski definition) is 1. The van der Waals surface area contributed by atoms with Gasteiger partial charge in [-0.25, -0.2) is 0 Å². The van der Waals surface area contributed by atoms with Crippen LogP contribution in [-0.4, -0.2) is 16.9 Å². The van der Waals surface area contributed by atoms with Gasteiger partial charge in [0.2, 0.25) is 0 Å². The van der Waals surface area contributed by atoms with Gasteiger partial charge in [0.05, 0.1) is 19.3 Å². The van der Waals surface area contributed by atoms with E-state index in [9.17, 15) is 0 Å². The van der Waals surface area contributed by atoms with Crippen LogP contribution in [0.25, 0.3) is 0 Å². The van der Waals surface area contributed by atoms with Crippen molar-refractivity contribution in [2.75, 3.05) is 7.11 Å². The third kappa shape index (κ3) is 2.70. The smallest absolute Gasteiger partial charge is 0.123 e. The number of nitrogens with zero attached hydrogens (tertiary/aromatic N) is 2. The van der Waals surface area contributed by atoms with Crippen LogP contribution in [0.3, 0.4) is 0 Å². The first-order valence-electron chi connectivity index (χ1n) is 6.99. The van der Waals surface area contributed by atoms with Crippen molar-refractivity contribution in [3.05, 3.63) is 46.3 Å². The predicted molar refractivity (Wildman–Crippen MR) is 81.1 cm³/mol. The fourth-order valence-electron chi connectivity index (χ4n) is 2.66. The monoisotopic (exact) mass is 273 g/mol. The van der Waals surface area contributed by atoms with Gasteiger partial charge in [0, 0.05) is 17.8 Å². The van der Waals surface area contributed by atoms with Crippen LogP contribution in [0, 0.1) is 13.8 Å². The summed E-state index contributed by atoms with van der Waals surface area (Å²) in [4.78, 5) is 0. The normalized spacial score (nSPS) is 10.8. The summed E-state index contributed by atoms with van der Waals surface area (Å²) in [6.45, 7) is 7.62. The number of aromatic nitrogens is 2. The molecule has 2 aromatic rings. The molecular formula is C16H23N3O. The third-order valence-corrected chi connectivity index (χ3v) is 3.78. The first kappa shape index (κ1) is 14.6. The van der Waals surface area contributed by atoms with Gasteiger partial charge in [0.25, 0.3) is 0 Å². The molecule has 0 aliphatic carbocycles. The van der Waals surface area contributed by atoms with Gasteiger partial charge in [-0.1, -0.05) is 13.0 Å². The fraction of sp³-hybridized carbons (Fsp3) is 0.438. The van der Waals surface area contributed by atoms with Crippen molar-refractivity contribution in [1.82, 2.24) is 9.78 Å². The van der Waals surface area contributed by atoms with Crippen LogP contribution in [0.1, 0.15) is 35.0 Å². The molecule has 0 unspecified atom stereocenters. The van der Waals surface area contributed by atoms with Crippen molar-refractivity contribution in [3.8, 4) is 5.75 Å². The summed E-state index contributed by atoms with van der Waals surface area (Å²) < 4.78 is 7.37. The lowest BCUT2D eigenvalue weighted by atomic mass is 10.1. The van der Waals surface area contributed by atoms with Gasteiger partial charge in [-0.2, -0.15) is 5.10 Å². The highest BCUT2D eigenvalue weighted by molar-refractivity contribution is 5.37. The van der Waals surface area contributed by atoms with Gasteiger partial charge in [-0.3, -0.25) is 4.68 Å². The van der Waals surface area contributed by atoms with Crippen LogP contribution in [0.5, 0.6) is 5.75 Å². The summed E-state index contributed by atoms with van der Waals surface area (Å²) in [6.07, 6.45) is 1.02. The Morgan fingerprint density at radius 3 is 2.60 bits per heavy atom. The van der Waals surface area contributed by atoms with E-state index in [1.54, 1.807) is 7.11 Å². The van der Waals surface area contributed by atoms with Crippen LogP contribution in [-0.2, 0) is 19.5 Å². The second kappa shape index (κ2) is 6.09. The summed E-state index contributed by atoms with van der Waals surface area (Å²) in [7, 11) is 1.67. The summed E-state index contributed by atoms with van der Waals surface area (Å²) >= 11 is 0. The Labute approximate surface area is 120 Å². The van der Waals surface area contributed by atoms with E-state index in [1.807, 2.05) is 6.07 Å². The van der Waals surface area contributed by atoms with Crippen LogP contribution < -0.4 is 10.5 Å². The summed E-state index contributed by atoms with van der Waals surface area (Å²) in [6, 6.07) is 6.14. The van der Waals surface area contributed by atoms with E-state index in [2.05, 4.69) is 42.7 Å². The first-order valence-corrected chi connectivity index (χ1v) is 6.99. The first-order chi connectivity index (χ1) is 9.60. The lowest BCUT2D eigenvalue weighted by Gasteiger charge is -2.10. The van der Waals surface area contributed by atoms with E-state index in [1.165, 1.54) is 16.8 Å². The minimum absolute atomic E-state index is 0.480. The predicted octanol–water partition coefficient (Wildman–Crippen LogP) is 2.58. The number of nitrogens with two attached hydrogens (primary N) is 1. The zero-order valence-corrected chi connectivity index (χ0v) is 12.7. The molecule has 0 aliphatic heterocycles. The van der Waals surface area contributed by atoms with Gasteiger partial charge >= 0.3 is 0 Å². The minimum atomic E-state index is 0.480. The van der Waals surface area contributed by atoms with Gasteiger partial charge in [-0.15, -0.1) is 0 Å². The molecule has 0 fully saturated rings. The number of aryl methyl sites for hydroxylation is 1. The molecule has 0 saturated heterocycles. The SMILES string of the molecule is CCc1c(C)nn(Cc2ccc(OC)c(CN)c2)c1C.